The molecular formula is C35H44BN9O12P2Si-. The van der Waals surface area contributed by atoms with E-state index in [0.717, 1.165) is 0 Å². The van der Waals surface area contributed by atoms with Gasteiger partial charge in [-0.1, -0.05) is 45.9 Å². The lowest BCUT2D eigenvalue weighted by molar-refractivity contribution is -0.0618. The van der Waals surface area contributed by atoms with Gasteiger partial charge in [0.1, 0.15) is 48.9 Å². The maximum absolute atomic E-state index is 14.3. The Labute approximate surface area is 345 Å². The molecule has 3 N–H and O–H groups in total. The van der Waals surface area contributed by atoms with Crippen LogP contribution >= 0.6 is 15.3 Å². The summed E-state index contributed by atoms with van der Waals surface area (Å²) in [5, 5.41) is 2.41. The zero-order chi connectivity index (χ0) is 42.9. The molecule has 4 aromatic heterocycles. The Bertz CT molecular complexity index is 2590. The first-order chi connectivity index (χ1) is 28.2. The molecule has 8 rings (SSSR count). The van der Waals surface area contributed by atoms with Gasteiger partial charge < -0.3 is 50.3 Å². The number of fused-ring (bicyclic) bond motifs is 5. The van der Waals surface area contributed by atoms with Gasteiger partial charge >= 0.3 is 7.82 Å². The van der Waals surface area contributed by atoms with Crippen LogP contribution in [0.5, 0.6) is 0 Å². The van der Waals surface area contributed by atoms with E-state index in [-0.39, 0.29) is 39.0 Å². The largest absolute Gasteiger partial charge is 0.472 e. The highest BCUT2D eigenvalue weighted by molar-refractivity contribution is 7.79. The molecule has 0 aliphatic carbocycles. The van der Waals surface area contributed by atoms with Gasteiger partial charge in [-0.05, 0) is 37.2 Å². The first-order valence-electron chi connectivity index (χ1n) is 19.1. The van der Waals surface area contributed by atoms with E-state index < -0.39 is 97.2 Å². The van der Waals surface area contributed by atoms with E-state index in [0.29, 0.717) is 5.56 Å². The number of H-pyrrole nitrogens is 1. The van der Waals surface area contributed by atoms with Crippen LogP contribution in [-0.4, -0.2) is 109 Å². The maximum Gasteiger partial charge on any atom is 0.472 e. The van der Waals surface area contributed by atoms with Gasteiger partial charge in [0, 0.05) is 11.5 Å². The summed E-state index contributed by atoms with van der Waals surface area (Å²) >= 11 is 0. The third-order valence-electron chi connectivity index (χ3n) is 11.2. The number of carbonyl (C=O) groups excluding carboxylic acids is 1. The number of benzene rings is 1. The van der Waals surface area contributed by atoms with Crippen molar-refractivity contribution < 1.29 is 50.8 Å². The molecule has 3 aliphatic rings. The summed E-state index contributed by atoms with van der Waals surface area (Å²) in [5.74, 6) is -0.703. The van der Waals surface area contributed by atoms with Gasteiger partial charge in [-0.3, -0.25) is 27.8 Å². The summed E-state index contributed by atoms with van der Waals surface area (Å²) in [6.45, 7) is 12.2. The number of phosphoric ester groups is 1. The normalized spacial score (nSPS) is 31.7. The highest BCUT2D eigenvalue weighted by Gasteiger charge is 2.54. The Morgan fingerprint density at radius 2 is 1.62 bits per heavy atom. The van der Waals surface area contributed by atoms with E-state index in [2.05, 4.69) is 35.2 Å². The lowest BCUT2D eigenvalue weighted by Gasteiger charge is -2.41. The molecule has 1 amide bonds. The van der Waals surface area contributed by atoms with Gasteiger partial charge in [0.05, 0.1) is 33.3 Å². The second-order valence-electron chi connectivity index (χ2n) is 16.4. The van der Waals surface area contributed by atoms with Crippen molar-refractivity contribution in [2.24, 2.45) is 5.92 Å². The molecule has 0 saturated carbocycles. The van der Waals surface area contributed by atoms with Crippen molar-refractivity contribution in [3.8, 4) is 0 Å². The standard InChI is InChI=1S/C35H44BN9O12P2Si/c1-18-25-21(53-33(18)44-16-39-23-28(37-15-38-29(23)44)43-31(46)20-11-9-8-10-12-20)13-51-58(36,48)55-27-26(57-60(6,7)35(3,4)5)22(14-52-59(49,50)56-25)54-34(27)45-17-40-24-30(45)41-19(2)42-32(24)47/h8-12,15-18,21-22,25-27,33-34H,13-14H2,1-7H3,(H,49,50)(H,41,42,47)(H,37,38,43,46)/q-1/t18?,21-,22-,25-,26+,27?,33-,34-,58?/m1/s1. The summed E-state index contributed by atoms with van der Waals surface area (Å²) < 4.78 is 74.3. The second kappa shape index (κ2) is 15.7. The average Bonchev–Trinajstić information content (AvgIpc) is 3.94. The number of amides is 1. The zero-order valence-corrected chi connectivity index (χ0v) is 36.5. The van der Waals surface area contributed by atoms with Crippen LogP contribution in [0.15, 0.2) is 54.1 Å². The predicted octanol–water partition coefficient (Wildman–Crippen LogP) is 4.54. The zero-order valence-electron chi connectivity index (χ0n) is 33.7. The Balaban J connectivity index is 1.12. The molecule has 5 aromatic rings. The quantitative estimate of drug-likeness (QED) is 0.156. The minimum Gasteiger partial charge on any atom is -0.444 e. The summed E-state index contributed by atoms with van der Waals surface area (Å²) in [5.41, 5.74) is 0.536. The fourth-order valence-corrected chi connectivity index (χ4v) is 10.5. The molecule has 25 heteroatoms. The van der Waals surface area contributed by atoms with Crippen molar-refractivity contribution >= 4 is 65.2 Å². The van der Waals surface area contributed by atoms with E-state index in [4.69, 9.17) is 39.6 Å². The molecule has 21 nitrogen and oxygen atoms in total. The first kappa shape index (κ1) is 42.7. The van der Waals surface area contributed by atoms with Crippen LogP contribution in [0.2, 0.25) is 18.1 Å². The Morgan fingerprint density at radius 1 is 0.950 bits per heavy atom. The monoisotopic (exact) mass is 883 g/mol. The SMILES string of the molecule is [B-]P1(=O)OC[C@H]2O[C@@H](n3cnc4c(NC(=O)c5ccccc5)ncnc43)C(C)[C@H]2OP(=O)(O)OC[C@H]2O[C@@H](n3cnc4c(=O)[nH]c(C)nc43)C(O1)[C@H]2O[Si](C)(C)C(C)(C)C. The van der Waals surface area contributed by atoms with Crippen molar-refractivity contribution in [3.05, 3.63) is 71.1 Å². The number of ether oxygens (including phenoxy) is 2. The van der Waals surface area contributed by atoms with Crippen LogP contribution in [0.4, 0.5) is 5.82 Å². The van der Waals surface area contributed by atoms with Crippen molar-refractivity contribution in [2.45, 2.75) is 95.7 Å². The molecule has 4 unspecified atom stereocenters. The number of aromatic nitrogens is 8. The number of nitrogens with one attached hydrogen (secondary N) is 2. The number of hydrogen-bond donors (Lipinski definition) is 3. The van der Waals surface area contributed by atoms with Crippen molar-refractivity contribution in [3.63, 3.8) is 0 Å². The smallest absolute Gasteiger partial charge is 0.444 e. The number of imidazole rings is 2. The van der Waals surface area contributed by atoms with E-state index in [9.17, 15) is 23.6 Å². The lowest BCUT2D eigenvalue weighted by atomic mass is 10.0. The topological polar surface area (TPSA) is 255 Å². The Morgan fingerprint density at radius 3 is 2.33 bits per heavy atom. The fraction of sp³-hybridized carbons (Fsp3) is 0.514. The number of carbonyl (C=O) groups is 1. The molecule has 1 aromatic carbocycles. The van der Waals surface area contributed by atoms with E-state index in [1.165, 1.54) is 23.5 Å². The number of aryl methyl sites for hydroxylation is 1. The van der Waals surface area contributed by atoms with E-state index in [1.54, 1.807) is 48.7 Å². The van der Waals surface area contributed by atoms with Crippen LogP contribution in [0.25, 0.3) is 22.3 Å². The van der Waals surface area contributed by atoms with Crippen LogP contribution in [-0.2, 0) is 41.1 Å². The molecule has 0 spiro atoms. The average molecular weight is 884 g/mol. The summed E-state index contributed by atoms with van der Waals surface area (Å²) in [7, 11) is -5.88. The van der Waals surface area contributed by atoms with Gasteiger partial charge in [-0.2, -0.15) is 0 Å². The van der Waals surface area contributed by atoms with Crippen LogP contribution in [0, 0.1) is 12.8 Å². The lowest BCUT2D eigenvalue weighted by Crippen LogP contribution is -2.50. The fourth-order valence-electron chi connectivity index (χ4n) is 7.19. The summed E-state index contributed by atoms with van der Waals surface area (Å²) in [6, 6.07) is 8.56. The number of rotatable bonds is 6. The van der Waals surface area contributed by atoms with Crippen molar-refractivity contribution in [2.75, 3.05) is 18.5 Å². The summed E-state index contributed by atoms with van der Waals surface area (Å²) in [4.78, 5) is 61.4. The summed E-state index contributed by atoms with van der Waals surface area (Å²) in [6.07, 6.45) is -4.16. The van der Waals surface area contributed by atoms with Crippen LogP contribution in [0.1, 0.15) is 56.3 Å². The molecule has 3 saturated heterocycles. The first-order valence-corrected chi connectivity index (χ1v) is 25.1. The number of hydrogen-bond acceptors (Lipinski definition) is 16. The second-order valence-corrected chi connectivity index (χ2v) is 24.1. The van der Waals surface area contributed by atoms with Gasteiger partial charge in [-0.15, -0.1) is 0 Å². The molecule has 3 radical (unpaired) electrons. The molecule has 3 aliphatic heterocycles. The highest BCUT2D eigenvalue weighted by Crippen LogP contribution is 2.55. The number of anilines is 1. The molecule has 319 valence electrons. The molecule has 10 atom stereocenters. The molecule has 60 heavy (non-hydrogen) atoms. The predicted molar refractivity (Wildman–Crippen MR) is 216 cm³/mol. The number of nitrogens with zero attached hydrogens (tertiary/aromatic N) is 7. The van der Waals surface area contributed by atoms with Gasteiger partial charge in [0.2, 0.25) is 0 Å². The highest BCUT2D eigenvalue weighted by atomic mass is 31.2. The molecule has 2 bridgehead atoms. The van der Waals surface area contributed by atoms with Crippen LogP contribution < -0.4 is 10.9 Å². The van der Waals surface area contributed by atoms with E-state index in [1.807, 2.05) is 33.9 Å². The van der Waals surface area contributed by atoms with E-state index >= 15 is 0 Å². The molecule has 3 fully saturated rings. The number of phosphoric acid groups is 1. The van der Waals surface area contributed by atoms with Crippen molar-refractivity contribution in [1.82, 2.24) is 39.0 Å². The Kier molecular flexibility index (Phi) is 11.2. The Hall–Kier alpha value is -3.99. The van der Waals surface area contributed by atoms with Gasteiger partial charge in [0.25, 0.3) is 11.5 Å². The van der Waals surface area contributed by atoms with Crippen molar-refractivity contribution in [1.29, 1.82) is 0 Å². The molecule has 7 heterocycles. The molecular weight excluding hydrogens is 839 g/mol. The van der Waals surface area contributed by atoms with Crippen LogP contribution in [0.3, 0.4) is 0 Å². The van der Waals surface area contributed by atoms with Gasteiger partial charge in [-0.25, -0.2) is 29.5 Å². The minimum absolute atomic E-state index is 0.00208. The maximum atomic E-state index is 14.3. The third-order valence-corrected chi connectivity index (χ3v) is 17.7. The minimum atomic E-state index is -4.95. The third kappa shape index (κ3) is 8.21. The van der Waals surface area contributed by atoms with Gasteiger partial charge in [0.15, 0.2) is 42.7 Å². The number of aromatic amines is 1.